The zero-order valence-electron chi connectivity index (χ0n) is 36.2. The number of ether oxygens (including phenoxy) is 4. The Morgan fingerprint density at radius 1 is 0.526 bits per heavy atom. The van der Waals surface area contributed by atoms with Crippen LogP contribution in [0.15, 0.2) is 97.2 Å². The molecule has 0 saturated carbocycles. The van der Waals surface area contributed by atoms with E-state index in [1.54, 1.807) is 0 Å². The number of carbonyl (C=O) groups is 3. The van der Waals surface area contributed by atoms with Crippen molar-refractivity contribution in [3.8, 4) is 0 Å². The molecule has 0 bridgehead atoms. The van der Waals surface area contributed by atoms with Gasteiger partial charge in [0.2, 0.25) is 0 Å². The minimum absolute atomic E-state index is 0.168. The summed E-state index contributed by atoms with van der Waals surface area (Å²) < 4.78 is 22.6. The fourth-order valence-corrected chi connectivity index (χ4v) is 5.07. The predicted octanol–water partition coefficient (Wildman–Crippen LogP) is 11.1. The molecule has 0 aliphatic carbocycles. The third-order valence-electron chi connectivity index (χ3n) is 8.35. The summed E-state index contributed by atoms with van der Waals surface area (Å²) in [6.07, 6.45) is 47.7. The van der Waals surface area contributed by atoms with Crippen LogP contribution in [0.1, 0.15) is 129 Å². The van der Waals surface area contributed by atoms with Crippen molar-refractivity contribution in [2.45, 2.75) is 142 Å². The van der Waals surface area contributed by atoms with Crippen molar-refractivity contribution < 1.29 is 42.9 Å². The summed E-state index contributed by atoms with van der Waals surface area (Å²) in [5.41, 5.74) is 0. The monoisotopic (exact) mass is 797 g/mol. The quantitative estimate of drug-likeness (QED) is 0.0218. The van der Waals surface area contributed by atoms with Gasteiger partial charge >= 0.3 is 17.9 Å². The third-order valence-corrected chi connectivity index (χ3v) is 8.35. The van der Waals surface area contributed by atoms with Crippen LogP contribution in [0.2, 0.25) is 0 Å². The normalized spacial score (nSPS) is 13.9. The van der Waals surface area contributed by atoms with Gasteiger partial charge in [-0.15, -0.1) is 0 Å². The zero-order valence-corrected chi connectivity index (χ0v) is 36.2. The van der Waals surface area contributed by atoms with Crippen molar-refractivity contribution >= 4 is 17.9 Å². The van der Waals surface area contributed by atoms with Gasteiger partial charge in [-0.3, -0.25) is 9.59 Å². The second kappa shape index (κ2) is 39.1. The first-order valence-corrected chi connectivity index (χ1v) is 21.4. The van der Waals surface area contributed by atoms with E-state index in [1.165, 1.54) is 0 Å². The summed E-state index contributed by atoms with van der Waals surface area (Å²) >= 11 is 0. The van der Waals surface area contributed by atoms with Gasteiger partial charge in [0.15, 0.2) is 6.10 Å². The molecule has 0 saturated heterocycles. The van der Waals surface area contributed by atoms with Gasteiger partial charge in [-0.2, -0.15) is 0 Å². The third kappa shape index (κ3) is 40.2. The number of rotatable bonds is 37. The van der Waals surface area contributed by atoms with Crippen molar-refractivity contribution in [3.63, 3.8) is 0 Å². The summed E-state index contributed by atoms with van der Waals surface area (Å²) in [5, 5.41) is 9.62. The number of quaternary nitrogens is 1. The lowest BCUT2D eigenvalue weighted by Gasteiger charge is -2.25. The molecule has 57 heavy (non-hydrogen) atoms. The summed E-state index contributed by atoms with van der Waals surface area (Å²) in [6, 6.07) is 0. The summed E-state index contributed by atoms with van der Waals surface area (Å²) in [7, 11) is 5.91. The molecule has 0 aliphatic rings. The fourth-order valence-electron chi connectivity index (χ4n) is 5.07. The smallest absolute Gasteiger partial charge is 0.361 e. The molecular formula is C48H78NO8+. The zero-order chi connectivity index (χ0) is 42.1. The SMILES string of the molecule is CC/C=C\C/C=C\C/C=C\C/C=C\CCCCCCCCC(=O)OC(COC(=O)CC/C=C\C/C=C\C/C=C\C/C=C\CC)COC(OCC[N+](C)(C)C)C(=O)O. The lowest BCUT2D eigenvalue weighted by atomic mass is 10.1. The number of carbonyl (C=O) groups excluding carboxylic acids is 2. The molecule has 9 nitrogen and oxygen atoms in total. The summed E-state index contributed by atoms with van der Waals surface area (Å²) in [6.45, 7) is 4.50. The van der Waals surface area contributed by atoms with Gasteiger partial charge in [0.25, 0.3) is 6.29 Å². The van der Waals surface area contributed by atoms with E-state index in [2.05, 4.69) is 98.9 Å². The maximum Gasteiger partial charge on any atom is 0.361 e. The Morgan fingerprint density at radius 3 is 1.47 bits per heavy atom. The van der Waals surface area contributed by atoms with Crippen LogP contribution in [0, 0.1) is 0 Å². The molecule has 1 N–H and O–H groups in total. The summed E-state index contributed by atoms with van der Waals surface area (Å²) in [5.74, 6) is -2.15. The Morgan fingerprint density at radius 2 is 0.982 bits per heavy atom. The predicted molar refractivity (Wildman–Crippen MR) is 235 cm³/mol. The molecule has 0 rings (SSSR count). The van der Waals surface area contributed by atoms with Crippen molar-refractivity contribution in [2.24, 2.45) is 0 Å². The molecule has 9 heteroatoms. The van der Waals surface area contributed by atoms with Gasteiger partial charge in [-0.25, -0.2) is 4.79 Å². The first kappa shape index (κ1) is 53.2. The minimum atomic E-state index is -1.53. The number of hydrogen-bond donors (Lipinski definition) is 1. The highest BCUT2D eigenvalue weighted by molar-refractivity contribution is 5.71. The van der Waals surface area contributed by atoms with Crippen LogP contribution in [-0.4, -0.2) is 87.4 Å². The van der Waals surface area contributed by atoms with Crippen LogP contribution in [0.4, 0.5) is 0 Å². The molecule has 0 aromatic heterocycles. The van der Waals surface area contributed by atoms with Crippen LogP contribution in [0.3, 0.4) is 0 Å². The first-order chi connectivity index (χ1) is 27.6. The number of allylic oxidation sites excluding steroid dienone is 16. The van der Waals surface area contributed by atoms with Gasteiger partial charge in [-0.1, -0.05) is 137 Å². The van der Waals surface area contributed by atoms with Crippen LogP contribution < -0.4 is 0 Å². The number of nitrogens with zero attached hydrogens (tertiary/aromatic N) is 1. The molecule has 0 aliphatic heterocycles. The van der Waals surface area contributed by atoms with Gasteiger partial charge in [0, 0.05) is 12.8 Å². The van der Waals surface area contributed by atoms with Crippen LogP contribution in [0.25, 0.3) is 0 Å². The molecule has 2 unspecified atom stereocenters. The van der Waals surface area contributed by atoms with E-state index < -0.39 is 30.3 Å². The second-order valence-corrected chi connectivity index (χ2v) is 14.9. The van der Waals surface area contributed by atoms with Crippen molar-refractivity contribution in [2.75, 3.05) is 47.5 Å². The fraction of sp³-hybridized carbons (Fsp3) is 0.604. The van der Waals surface area contributed by atoms with E-state index in [0.29, 0.717) is 23.9 Å². The molecular weight excluding hydrogens is 719 g/mol. The average molecular weight is 797 g/mol. The number of carboxylic acid groups (broad SMARTS) is 1. The summed E-state index contributed by atoms with van der Waals surface area (Å²) in [4.78, 5) is 37.0. The molecule has 322 valence electrons. The highest BCUT2D eigenvalue weighted by atomic mass is 16.7. The second-order valence-electron chi connectivity index (χ2n) is 14.9. The highest BCUT2D eigenvalue weighted by Gasteiger charge is 2.25. The van der Waals surface area contributed by atoms with Crippen molar-refractivity contribution in [1.82, 2.24) is 0 Å². The van der Waals surface area contributed by atoms with E-state index in [4.69, 9.17) is 18.9 Å². The molecule has 0 heterocycles. The van der Waals surface area contributed by atoms with Gasteiger partial charge in [-0.05, 0) is 77.0 Å². The average Bonchev–Trinajstić information content (AvgIpc) is 3.17. The van der Waals surface area contributed by atoms with E-state index >= 15 is 0 Å². The van der Waals surface area contributed by atoms with E-state index in [0.717, 1.165) is 89.9 Å². The number of hydrogen-bond acceptors (Lipinski definition) is 7. The molecule has 0 aromatic rings. The lowest BCUT2D eigenvalue weighted by Crippen LogP contribution is -2.40. The highest BCUT2D eigenvalue weighted by Crippen LogP contribution is 2.12. The van der Waals surface area contributed by atoms with Gasteiger partial charge < -0.3 is 28.5 Å². The Kier molecular flexibility index (Phi) is 36.5. The molecule has 0 fully saturated rings. The topological polar surface area (TPSA) is 108 Å². The molecule has 0 spiro atoms. The Labute approximate surface area is 346 Å². The van der Waals surface area contributed by atoms with Crippen molar-refractivity contribution in [1.29, 1.82) is 0 Å². The van der Waals surface area contributed by atoms with Crippen molar-refractivity contribution in [3.05, 3.63) is 97.2 Å². The molecule has 0 amide bonds. The number of carboxylic acids is 1. The largest absolute Gasteiger partial charge is 0.477 e. The number of aliphatic carboxylic acids is 1. The molecule has 0 aromatic carbocycles. The Hall–Kier alpha value is -3.79. The number of esters is 2. The minimum Gasteiger partial charge on any atom is -0.477 e. The van der Waals surface area contributed by atoms with Gasteiger partial charge in [0.05, 0.1) is 34.4 Å². The Balaban J connectivity index is 4.59. The lowest BCUT2D eigenvalue weighted by molar-refractivity contribution is -0.870. The first-order valence-electron chi connectivity index (χ1n) is 21.4. The standard InChI is InChI=1S/C48H77NO8/c1-6-8-10-12-14-16-18-20-21-22-23-24-25-27-29-31-33-35-37-39-46(51)57-44(43-56-48(47(52)53)54-41-40-49(3,4)5)42-55-45(50)38-36-34-32-30-28-26-19-17-15-13-11-9-7-2/h8-11,14-17,20-21,23-24,26,28,32,34,44,48H,6-7,12-13,18-19,22,25,27,29-31,33,35-43H2,1-5H3/p+1/b10-8-,11-9-,16-14-,17-15-,21-20-,24-23-,28-26-,34-32-. The Bertz CT molecular complexity index is 1250. The maximum atomic E-state index is 12.7. The van der Waals surface area contributed by atoms with Gasteiger partial charge in [0.1, 0.15) is 13.2 Å². The van der Waals surface area contributed by atoms with Crippen LogP contribution in [0.5, 0.6) is 0 Å². The van der Waals surface area contributed by atoms with E-state index in [1.807, 2.05) is 33.3 Å². The van der Waals surface area contributed by atoms with Crippen LogP contribution >= 0.6 is 0 Å². The van der Waals surface area contributed by atoms with E-state index in [-0.39, 0.29) is 32.7 Å². The number of likely N-dealkylation sites (N-methyl/N-ethyl adjacent to an activating group) is 1. The number of unbranched alkanes of at least 4 members (excludes halogenated alkanes) is 6. The molecule has 2 atom stereocenters. The van der Waals surface area contributed by atoms with Crippen LogP contribution in [-0.2, 0) is 33.3 Å². The maximum absolute atomic E-state index is 12.7. The molecule has 0 radical (unpaired) electrons. The van der Waals surface area contributed by atoms with E-state index in [9.17, 15) is 19.5 Å².